The summed E-state index contributed by atoms with van der Waals surface area (Å²) in [5.74, 6) is -1.06. The third-order valence-electron chi connectivity index (χ3n) is 1.73. The van der Waals surface area contributed by atoms with E-state index in [1.54, 1.807) is 12.3 Å². The first-order valence-corrected chi connectivity index (χ1v) is 4.63. The first kappa shape index (κ1) is 9.14. The highest BCUT2D eigenvalue weighted by Gasteiger charge is 2.12. The van der Waals surface area contributed by atoms with Crippen molar-refractivity contribution >= 4 is 27.5 Å². The molecular formula is C8H6BrN3O2. The van der Waals surface area contributed by atoms with Gasteiger partial charge in [0.2, 0.25) is 0 Å². The average Bonchev–Trinajstić information content (AvgIpc) is 2.42. The van der Waals surface area contributed by atoms with Gasteiger partial charge in [-0.1, -0.05) is 0 Å². The van der Waals surface area contributed by atoms with Gasteiger partial charge in [-0.25, -0.2) is 14.3 Å². The summed E-state index contributed by atoms with van der Waals surface area (Å²) in [7, 11) is 0. The van der Waals surface area contributed by atoms with Crippen LogP contribution in [0.1, 0.15) is 16.2 Å². The maximum absolute atomic E-state index is 10.8. The van der Waals surface area contributed by atoms with E-state index in [4.69, 9.17) is 5.11 Å². The molecule has 1 N–H and O–H groups in total. The predicted molar refractivity (Wildman–Crippen MR) is 52.4 cm³/mol. The minimum Gasteiger partial charge on any atom is -0.476 e. The molecule has 0 amide bonds. The van der Waals surface area contributed by atoms with Gasteiger partial charge in [0.25, 0.3) is 0 Å². The molecule has 14 heavy (non-hydrogen) atoms. The zero-order valence-electron chi connectivity index (χ0n) is 7.23. The number of fused-ring (bicyclic) bond motifs is 1. The van der Waals surface area contributed by atoms with E-state index in [0.717, 1.165) is 5.69 Å². The molecule has 0 aromatic carbocycles. The van der Waals surface area contributed by atoms with Crippen molar-refractivity contribution in [3.8, 4) is 0 Å². The number of carboxylic acid groups (broad SMARTS) is 1. The number of aromatic carboxylic acids is 1. The first-order chi connectivity index (χ1) is 6.58. The SMILES string of the molecule is Cc1cc2nc(C(=O)O)c(Br)cn2n1. The monoisotopic (exact) mass is 255 g/mol. The van der Waals surface area contributed by atoms with Crippen LogP contribution in [-0.2, 0) is 0 Å². The lowest BCUT2D eigenvalue weighted by atomic mass is 10.4. The van der Waals surface area contributed by atoms with Gasteiger partial charge in [-0.15, -0.1) is 0 Å². The summed E-state index contributed by atoms with van der Waals surface area (Å²) in [5.41, 5.74) is 1.33. The molecule has 2 heterocycles. The van der Waals surface area contributed by atoms with Crippen molar-refractivity contribution in [3.05, 3.63) is 28.1 Å². The molecule has 6 heteroatoms. The lowest BCUT2D eigenvalue weighted by Gasteiger charge is -1.98. The van der Waals surface area contributed by atoms with Crippen LogP contribution in [-0.4, -0.2) is 25.7 Å². The number of carboxylic acids is 1. The van der Waals surface area contributed by atoms with E-state index >= 15 is 0 Å². The van der Waals surface area contributed by atoms with Gasteiger partial charge in [0, 0.05) is 12.3 Å². The normalized spacial score (nSPS) is 10.7. The van der Waals surface area contributed by atoms with Crippen molar-refractivity contribution in [2.45, 2.75) is 6.92 Å². The van der Waals surface area contributed by atoms with Gasteiger partial charge in [-0.2, -0.15) is 5.10 Å². The molecule has 2 aromatic rings. The maximum atomic E-state index is 10.8. The molecule has 72 valence electrons. The zero-order chi connectivity index (χ0) is 10.3. The largest absolute Gasteiger partial charge is 0.476 e. The van der Waals surface area contributed by atoms with Gasteiger partial charge >= 0.3 is 5.97 Å². The smallest absolute Gasteiger partial charge is 0.355 e. The minimum atomic E-state index is -1.06. The van der Waals surface area contributed by atoms with Crippen molar-refractivity contribution in [1.29, 1.82) is 0 Å². The number of aromatic nitrogens is 3. The Kier molecular flexibility index (Phi) is 1.99. The first-order valence-electron chi connectivity index (χ1n) is 3.84. The second-order valence-electron chi connectivity index (χ2n) is 2.83. The molecule has 0 bridgehead atoms. The molecule has 0 spiro atoms. The predicted octanol–water partition coefficient (Wildman–Crippen LogP) is 1.50. The van der Waals surface area contributed by atoms with E-state index < -0.39 is 5.97 Å². The highest BCUT2D eigenvalue weighted by atomic mass is 79.9. The van der Waals surface area contributed by atoms with Crippen LogP contribution < -0.4 is 0 Å². The quantitative estimate of drug-likeness (QED) is 0.839. The second kappa shape index (κ2) is 3.06. The van der Waals surface area contributed by atoms with E-state index in [0.29, 0.717) is 10.1 Å². The molecule has 0 fully saturated rings. The lowest BCUT2D eigenvalue weighted by molar-refractivity contribution is 0.0689. The Morgan fingerprint density at radius 2 is 2.36 bits per heavy atom. The number of hydrogen-bond acceptors (Lipinski definition) is 3. The van der Waals surface area contributed by atoms with Crippen molar-refractivity contribution in [1.82, 2.24) is 14.6 Å². The minimum absolute atomic E-state index is 0.00241. The van der Waals surface area contributed by atoms with Crippen LogP contribution >= 0.6 is 15.9 Å². The Labute approximate surface area is 87.5 Å². The van der Waals surface area contributed by atoms with Gasteiger partial charge in [-0.05, 0) is 22.9 Å². The number of aryl methyl sites for hydroxylation is 1. The summed E-state index contributed by atoms with van der Waals surface area (Å²) < 4.78 is 1.95. The summed E-state index contributed by atoms with van der Waals surface area (Å²) in [6.07, 6.45) is 1.58. The van der Waals surface area contributed by atoms with Crippen LogP contribution in [0.25, 0.3) is 5.65 Å². The van der Waals surface area contributed by atoms with E-state index in [2.05, 4.69) is 26.0 Å². The molecule has 0 aliphatic rings. The molecule has 0 unspecified atom stereocenters. The van der Waals surface area contributed by atoms with Crippen molar-refractivity contribution in [3.63, 3.8) is 0 Å². The number of carbonyl (C=O) groups is 1. The fourth-order valence-electron chi connectivity index (χ4n) is 1.17. The summed E-state index contributed by atoms with van der Waals surface area (Å²) in [6, 6.07) is 1.72. The number of halogens is 1. The third-order valence-corrected chi connectivity index (χ3v) is 2.31. The number of nitrogens with zero attached hydrogens (tertiary/aromatic N) is 3. The standard InChI is InChI=1S/C8H6BrN3O2/c1-4-2-6-10-7(8(13)14)5(9)3-12(6)11-4/h2-3H,1H3,(H,13,14). The zero-order valence-corrected chi connectivity index (χ0v) is 8.82. The van der Waals surface area contributed by atoms with E-state index in [9.17, 15) is 4.79 Å². The van der Waals surface area contributed by atoms with Gasteiger partial charge in [0.1, 0.15) is 0 Å². The molecule has 2 rings (SSSR count). The molecule has 0 saturated heterocycles. The van der Waals surface area contributed by atoms with Crippen molar-refractivity contribution in [2.24, 2.45) is 0 Å². The Bertz CT molecular complexity index is 521. The third kappa shape index (κ3) is 1.37. The Hall–Kier alpha value is -1.43. The molecule has 0 radical (unpaired) electrons. The summed E-state index contributed by atoms with van der Waals surface area (Å²) in [6.45, 7) is 1.82. The Morgan fingerprint density at radius 3 is 3.00 bits per heavy atom. The van der Waals surface area contributed by atoms with Gasteiger partial charge in [0.15, 0.2) is 11.3 Å². The topological polar surface area (TPSA) is 67.5 Å². The fourth-order valence-corrected chi connectivity index (χ4v) is 1.62. The van der Waals surface area contributed by atoms with Gasteiger partial charge in [-0.3, -0.25) is 0 Å². The molecule has 5 nitrogen and oxygen atoms in total. The fraction of sp³-hybridized carbons (Fsp3) is 0.125. The molecule has 0 aliphatic carbocycles. The Balaban J connectivity index is 2.76. The summed E-state index contributed by atoms with van der Waals surface area (Å²) in [5, 5.41) is 12.9. The molecule has 2 aromatic heterocycles. The van der Waals surface area contributed by atoms with E-state index in [-0.39, 0.29) is 5.69 Å². The highest BCUT2D eigenvalue weighted by Crippen LogP contribution is 2.16. The molecule has 0 aliphatic heterocycles. The van der Waals surface area contributed by atoms with Crippen molar-refractivity contribution < 1.29 is 9.90 Å². The maximum Gasteiger partial charge on any atom is 0.355 e. The molecule has 0 atom stereocenters. The van der Waals surface area contributed by atoms with Gasteiger partial charge < -0.3 is 5.11 Å². The summed E-state index contributed by atoms with van der Waals surface area (Å²) >= 11 is 3.12. The van der Waals surface area contributed by atoms with Crippen LogP contribution in [0.3, 0.4) is 0 Å². The number of rotatable bonds is 1. The highest BCUT2D eigenvalue weighted by molar-refractivity contribution is 9.10. The summed E-state index contributed by atoms with van der Waals surface area (Å²) in [4.78, 5) is 14.7. The average molecular weight is 256 g/mol. The van der Waals surface area contributed by atoms with Gasteiger partial charge in [0.05, 0.1) is 10.2 Å². The van der Waals surface area contributed by atoms with Crippen molar-refractivity contribution in [2.75, 3.05) is 0 Å². The van der Waals surface area contributed by atoms with E-state index in [1.807, 2.05) is 6.92 Å². The molecular weight excluding hydrogens is 250 g/mol. The number of hydrogen-bond donors (Lipinski definition) is 1. The lowest BCUT2D eigenvalue weighted by Crippen LogP contribution is -2.04. The second-order valence-corrected chi connectivity index (χ2v) is 3.69. The van der Waals surface area contributed by atoms with Crippen LogP contribution in [0, 0.1) is 6.92 Å². The van der Waals surface area contributed by atoms with Crippen LogP contribution in [0.2, 0.25) is 0 Å². The van der Waals surface area contributed by atoms with E-state index in [1.165, 1.54) is 4.52 Å². The molecule has 0 saturated carbocycles. The van der Waals surface area contributed by atoms with Crippen LogP contribution in [0.5, 0.6) is 0 Å². The Morgan fingerprint density at radius 1 is 1.64 bits per heavy atom. The van der Waals surface area contributed by atoms with Crippen LogP contribution in [0.4, 0.5) is 0 Å². The van der Waals surface area contributed by atoms with Crippen LogP contribution in [0.15, 0.2) is 16.7 Å².